The van der Waals surface area contributed by atoms with Gasteiger partial charge in [0.1, 0.15) is 5.75 Å². The maximum Gasteiger partial charge on any atom is 0.238 e. The Morgan fingerprint density at radius 1 is 1.30 bits per heavy atom. The fourth-order valence-electron chi connectivity index (χ4n) is 2.69. The minimum absolute atomic E-state index is 0.00550. The number of methoxy groups -OCH3 is 1. The number of amides is 1. The Bertz CT molecular complexity index is 428. The van der Waals surface area contributed by atoms with Crippen LogP contribution in [0.1, 0.15) is 32.1 Å². The van der Waals surface area contributed by atoms with Crippen LogP contribution in [0.3, 0.4) is 0 Å². The smallest absolute Gasteiger partial charge is 0.238 e. The molecule has 0 unspecified atom stereocenters. The van der Waals surface area contributed by atoms with Gasteiger partial charge >= 0.3 is 0 Å². The molecule has 20 heavy (non-hydrogen) atoms. The zero-order chi connectivity index (χ0) is 14.2. The number of hydrogen-bond donors (Lipinski definition) is 2. The number of nitrogens with one attached hydrogen (secondary N) is 2. The van der Waals surface area contributed by atoms with Crippen LogP contribution < -0.4 is 15.4 Å². The van der Waals surface area contributed by atoms with Crippen LogP contribution in [-0.2, 0) is 4.79 Å². The third kappa shape index (κ3) is 4.85. The zero-order valence-corrected chi connectivity index (χ0v) is 12.2. The summed E-state index contributed by atoms with van der Waals surface area (Å²) in [5, 5.41) is 6.13. The van der Waals surface area contributed by atoms with Crippen molar-refractivity contribution in [2.24, 2.45) is 5.92 Å². The van der Waals surface area contributed by atoms with Gasteiger partial charge in [0.15, 0.2) is 0 Å². The van der Waals surface area contributed by atoms with Gasteiger partial charge in [-0.15, -0.1) is 0 Å². The fraction of sp³-hybridized carbons (Fsp3) is 0.562. The van der Waals surface area contributed by atoms with Crippen LogP contribution in [-0.4, -0.2) is 26.1 Å². The van der Waals surface area contributed by atoms with Crippen LogP contribution in [0.4, 0.5) is 5.69 Å². The number of benzene rings is 1. The predicted octanol–water partition coefficient (Wildman–Crippen LogP) is 2.80. The van der Waals surface area contributed by atoms with Gasteiger partial charge in [0.25, 0.3) is 0 Å². The van der Waals surface area contributed by atoms with Crippen molar-refractivity contribution in [3.63, 3.8) is 0 Å². The first kappa shape index (κ1) is 14.9. The van der Waals surface area contributed by atoms with E-state index in [2.05, 4.69) is 10.6 Å². The number of carbonyl (C=O) groups is 1. The van der Waals surface area contributed by atoms with Gasteiger partial charge in [-0.05, 0) is 37.4 Å². The van der Waals surface area contributed by atoms with Gasteiger partial charge in [0.05, 0.1) is 13.7 Å². The standard InChI is InChI=1S/C16H24N2O2/c1-20-15-9-5-8-14(10-15)18-16(19)12-17-11-13-6-3-2-4-7-13/h5,8-10,13,17H,2-4,6-7,11-12H2,1H3,(H,18,19). The normalized spacial score (nSPS) is 15.8. The summed E-state index contributed by atoms with van der Waals surface area (Å²) in [7, 11) is 1.62. The lowest BCUT2D eigenvalue weighted by atomic mass is 9.89. The van der Waals surface area contributed by atoms with E-state index in [0.29, 0.717) is 6.54 Å². The molecule has 0 aliphatic heterocycles. The number of rotatable bonds is 6. The molecule has 2 N–H and O–H groups in total. The summed E-state index contributed by atoms with van der Waals surface area (Å²) >= 11 is 0. The maximum atomic E-state index is 11.8. The van der Waals surface area contributed by atoms with E-state index in [1.165, 1.54) is 32.1 Å². The Kier molecular flexibility index (Phi) is 5.87. The Labute approximate surface area is 120 Å². The van der Waals surface area contributed by atoms with Crippen LogP contribution in [0.2, 0.25) is 0 Å². The third-order valence-corrected chi connectivity index (χ3v) is 3.80. The van der Waals surface area contributed by atoms with Gasteiger partial charge < -0.3 is 15.4 Å². The largest absolute Gasteiger partial charge is 0.497 e. The minimum atomic E-state index is -0.00550. The summed E-state index contributed by atoms with van der Waals surface area (Å²) in [6.45, 7) is 1.32. The van der Waals surface area contributed by atoms with Gasteiger partial charge in [-0.25, -0.2) is 0 Å². The lowest BCUT2D eigenvalue weighted by Crippen LogP contribution is -2.32. The topological polar surface area (TPSA) is 50.4 Å². The first-order valence-corrected chi connectivity index (χ1v) is 7.42. The van der Waals surface area contributed by atoms with E-state index in [-0.39, 0.29) is 5.91 Å². The summed E-state index contributed by atoms with van der Waals surface area (Å²) in [4.78, 5) is 11.8. The Hall–Kier alpha value is -1.55. The van der Waals surface area contributed by atoms with Gasteiger partial charge in [0, 0.05) is 11.8 Å². The van der Waals surface area contributed by atoms with Crippen molar-refractivity contribution in [1.29, 1.82) is 0 Å². The third-order valence-electron chi connectivity index (χ3n) is 3.80. The van der Waals surface area contributed by atoms with Crippen LogP contribution in [0.5, 0.6) is 5.75 Å². The molecular formula is C16H24N2O2. The molecule has 0 heterocycles. The van der Waals surface area contributed by atoms with E-state index >= 15 is 0 Å². The van der Waals surface area contributed by atoms with Crippen molar-refractivity contribution in [1.82, 2.24) is 5.32 Å². The molecule has 1 saturated carbocycles. The monoisotopic (exact) mass is 276 g/mol. The molecule has 4 nitrogen and oxygen atoms in total. The van der Waals surface area contributed by atoms with Gasteiger partial charge in [-0.3, -0.25) is 4.79 Å². The first-order chi connectivity index (χ1) is 9.78. The molecule has 0 radical (unpaired) electrons. The van der Waals surface area contributed by atoms with E-state index in [1.807, 2.05) is 24.3 Å². The molecule has 0 aromatic heterocycles. The van der Waals surface area contributed by atoms with Crippen LogP contribution in [0.25, 0.3) is 0 Å². The van der Waals surface area contributed by atoms with E-state index in [1.54, 1.807) is 7.11 Å². The quantitative estimate of drug-likeness (QED) is 0.840. The average Bonchev–Trinajstić information content (AvgIpc) is 2.48. The molecule has 1 aromatic carbocycles. The summed E-state index contributed by atoms with van der Waals surface area (Å²) in [5.74, 6) is 1.49. The molecule has 0 atom stereocenters. The molecule has 2 rings (SSSR count). The minimum Gasteiger partial charge on any atom is -0.497 e. The number of hydrogen-bond acceptors (Lipinski definition) is 3. The lowest BCUT2D eigenvalue weighted by Gasteiger charge is -2.21. The van der Waals surface area contributed by atoms with Crippen molar-refractivity contribution in [2.75, 3.05) is 25.5 Å². The van der Waals surface area contributed by atoms with Crippen molar-refractivity contribution in [3.8, 4) is 5.75 Å². The van der Waals surface area contributed by atoms with Crippen LogP contribution >= 0.6 is 0 Å². The van der Waals surface area contributed by atoms with Crippen LogP contribution in [0.15, 0.2) is 24.3 Å². The Morgan fingerprint density at radius 3 is 2.85 bits per heavy atom. The molecular weight excluding hydrogens is 252 g/mol. The van der Waals surface area contributed by atoms with Gasteiger partial charge in [-0.2, -0.15) is 0 Å². The predicted molar refractivity (Wildman–Crippen MR) is 81.1 cm³/mol. The van der Waals surface area contributed by atoms with E-state index in [4.69, 9.17) is 4.74 Å². The van der Waals surface area contributed by atoms with Crippen molar-refractivity contribution < 1.29 is 9.53 Å². The summed E-state index contributed by atoms with van der Waals surface area (Å²) < 4.78 is 5.13. The first-order valence-electron chi connectivity index (χ1n) is 7.42. The highest BCUT2D eigenvalue weighted by Crippen LogP contribution is 2.22. The second kappa shape index (κ2) is 7.90. The average molecular weight is 276 g/mol. The summed E-state index contributed by atoms with van der Waals surface area (Å²) in [6.07, 6.45) is 6.63. The lowest BCUT2D eigenvalue weighted by molar-refractivity contribution is -0.115. The number of ether oxygens (including phenoxy) is 1. The van der Waals surface area contributed by atoms with E-state index < -0.39 is 0 Å². The second-order valence-electron chi connectivity index (χ2n) is 5.42. The molecule has 110 valence electrons. The molecule has 1 aromatic rings. The number of anilines is 1. The molecule has 0 bridgehead atoms. The summed E-state index contributed by atoms with van der Waals surface area (Å²) in [6, 6.07) is 7.40. The molecule has 1 fully saturated rings. The molecule has 1 aliphatic rings. The SMILES string of the molecule is COc1cccc(NC(=O)CNCC2CCCCC2)c1. The Balaban J connectivity index is 1.69. The molecule has 0 saturated heterocycles. The second-order valence-corrected chi connectivity index (χ2v) is 5.42. The highest BCUT2D eigenvalue weighted by atomic mass is 16.5. The molecule has 4 heteroatoms. The maximum absolute atomic E-state index is 11.8. The fourth-order valence-corrected chi connectivity index (χ4v) is 2.69. The Morgan fingerprint density at radius 2 is 2.10 bits per heavy atom. The van der Waals surface area contributed by atoms with Crippen LogP contribution in [0, 0.1) is 5.92 Å². The van der Waals surface area contributed by atoms with E-state index in [0.717, 1.165) is 23.9 Å². The molecule has 1 aliphatic carbocycles. The van der Waals surface area contributed by atoms with Gasteiger partial charge in [0.2, 0.25) is 5.91 Å². The van der Waals surface area contributed by atoms with Gasteiger partial charge in [-0.1, -0.05) is 25.3 Å². The van der Waals surface area contributed by atoms with Crippen molar-refractivity contribution >= 4 is 11.6 Å². The number of carbonyl (C=O) groups excluding carboxylic acids is 1. The molecule has 1 amide bonds. The highest BCUT2D eigenvalue weighted by Gasteiger charge is 2.13. The zero-order valence-electron chi connectivity index (χ0n) is 12.2. The summed E-state index contributed by atoms with van der Waals surface area (Å²) in [5.41, 5.74) is 0.772. The van der Waals surface area contributed by atoms with Crippen molar-refractivity contribution in [3.05, 3.63) is 24.3 Å². The van der Waals surface area contributed by atoms with Crippen molar-refractivity contribution in [2.45, 2.75) is 32.1 Å². The van der Waals surface area contributed by atoms with E-state index in [9.17, 15) is 4.79 Å². The molecule has 0 spiro atoms. The highest BCUT2D eigenvalue weighted by molar-refractivity contribution is 5.92.